The molecule has 1 aliphatic rings. The minimum absolute atomic E-state index is 0.0752. The number of nitrogens with zero attached hydrogens (tertiary/aromatic N) is 2. The van der Waals surface area contributed by atoms with Crippen molar-refractivity contribution >= 4 is 34.7 Å². The summed E-state index contributed by atoms with van der Waals surface area (Å²) < 4.78 is 5.02. The molecule has 8 nitrogen and oxygen atoms in total. The zero-order valence-corrected chi connectivity index (χ0v) is 16.1. The van der Waals surface area contributed by atoms with E-state index in [0.29, 0.717) is 16.1 Å². The first kappa shape index (κ1) is 20.5. The van der Waals surface area contributed by atoms with E-state index in [1.54, 1.807) is 18.2 Å². The van der Waals surface area contributed by atoms with Crippen molar-refractivity contribution in [3.63, 3.8) is 0 Å². The molecule has 0 radical (unpaired) electrons. The second-order valence-electron chi connectivity index (χ2n) is 6.34. The third-order valence-corrected chi connectivity index (χ3v) is 4.84. The van der Waals surface area contributed by atoms with Gasteiger partial charge in [-0.2, -0.15) is 0 Å². The van der Waals surface area contributed by atoms with Crippen molar-refractivity contribution in [2.45, 2.75) is 6.04 Å². The average Bonchev–Trinajstić information content (AvgIpc) is 2.97. The summed E-state index contributed by atoms with van der Waals surface area (Å²) in [4.78, 5) is 37.2. The number of benzene rings is 2. The first-order chi connectivity index (χ1) is 13.8. The highest BCUT2D eigenvalue weighted by Crippen LogP contribution is 2.40. The molecule has 1 atom stereocenters. The van der Waals surface area contributed by atoms with E-state index in [1.807, 2.05) is 0 Å². The number of likely N-dealkylation sites (tertiary alicyclic amines) is 1. The number of aliphatic hydroxyl groups excluding tert-OH is 1. The summed E-state index contributed by atoms with van der Waals surface area (Å²) in [5, 5.41) is 22.4. The molecule has 0 aromatic heterocycles. The smallest absolute Gasteiger partial charge is 0.295 e. The quantitative estimate of drug-likeness (QED) is 0.254. The molecule has 0 saturated carbocycles. The Morgan fingerprint density at radius 3 is 2.55 bits per heavy atom. The number of hydrogen-bond acceptors (Lipinski definition) is 6. The zero-order valence-electron chi connectivity index (χ0n) is 15.4. The number of carbonyl (C=O) groups excluding carboxylic acids is 2. The molecule has 1 heterocycles. The molecule has 0 bridgehead atoms. The van der Waals surface area contributed by atoms with Gasteiger partial charge in [-0.1, -0.05) is 23.7 Å². The number of nitro groups is 1. The molecule has 1 fully saturated rings. The number of amides is 1. The molecule has 150 valence electrons. The molecule has 9 heteroatoms. The van der Waals surface area contributed by atoms with Crippen molar-refractivity contribution in [3.05, 3.63) is 80.4 Å². The number of ether oxygens (including phenoxy) is 1. The fourth-order valence-electron chi connectivity index (χ4n) is 3.22. The van der Waals surface area contributed by atoms with E-state index in [1.165, 1.54) is 42.3 Å². The predicted molar refractivity (Wildman–Crippen MR) is 105 cm³/mol. The Balaban J connectivity index is 2.18. The van der Waals surface area contributed by atoms with E-state index < -0.39 is 22.7 Å². The Morgan fingerprint density at radius 2 is 1.93 bits per heavy atom. The number of hydrogen-bond donors (Lipinski definition) is 1. The van der Waals surface area contributed by atoms with Crippen LogP contribution in [0.3, 0.4) is 0 Å². The minimum atomic E-state index is -0.985. The lowest BCUT2D eigenvalue weighted by molar-refractivity contribution is -0.384. The average molecular weight is 417 g/mol. The molecule has 1 amide bonds. The highest BCUT2D eigenvalue weighted by Gasteiger charge is 2.46. The third-order valence-electron chi connectivity index (χ3n) is 4.59. The summed E-state index contributed by atoms with van der Waals surface area (Å²) in [6, 6.07) is 10.8. The number of nitro benzene ring substituents is 1. The summed E-state index contributed by atoms with van der Waals surface area (Å²) in [6.07, 6.45) is 0. The topological polar surface area (TPSA) is 110 Å². The third kappa shape index (κ3) is 3.98. The van der Waals surface area contributed by atoms with Crippen LogP contribution >= 0.6 is 11.6 Å². The van der Waals surface area contributed by atoms with Gasteiger partial charge in [0.05, 0.1) is 23.1 Å². The van der Waals surface area contributed by atoms with Crippen LogP contribution in [0.25, 0.3) is 5.76 Å². The van der Waals surface area contributed by atoms with Gasteiger partial charge in [-0.15, -0.1) is 0 Å². The van der Waals surface area contributed by atoms with Crippen LogP contribution in [-0.2, 0) is 14.3 Å². The van der Waals surface area contributed by atoms with Crippen LogP contribution in [0.4, 0.5) is 5.69 Å². The summed E-state index contributed by atoms with van der Waals surface area (Å²) in [7, 11) is 1.45. The molecule has 3 rings (SSSR count). The maximum Gasteiger partial charge on any atom is 0.295 e. The molecule has 2 aromatic rings. The first-order valence-electron chi connectivity index (χ1n) is 8.62. The maximum absolute atomic E-state index is 12.8. The standard InChI is InChI=1S/C20H17ClN2O6/c1-29-10-9-22-17(13-3-2-4-15(11-13)23(27)28)16(19(25)20(22)26)18(24)12-5-7-14(21)8-6-12/h2-8,11,17,24H,9-10H2,1H3/t17-/m1/s1. The van der Waals surface area contributed by atoms with Crippen molar-refractivity contribution in [2.24, 2.45) is 0 Å². The van der Waals surface area contributed by atoms with Crippen LogP contribution < -0.4 is 0 Å². The van der Waals surface area contributed by atoms with Crippen LogP contribution in [0.5, 0.6) is 0 Å². The van der Waals surface area contributed by atoms with Crippen LogP contribution in [-0.4, -0.2) is 46.9 Å². The number of non-ortho nitro benzene ring substituents is 1. The summed E-state index contributed by atoms with van der Waals surface area (Å²) in [5.41, 5.74) is 0.305. The Bertz CT molecular complexity index is 1000. The number of ketones is 1. The number of Topliss-reactive ketones (excluding diaryl/α,β-unsaturated/α-hetero) is 1. The summed E-state index contributed by atoms with van der Waals surface area (Å²) in [5.74, 6) is -2.06. The molecule has 0 spiro atoms. The number of carbonyl (C=O) groups is 2. The largest absolute Gasteiger partial charge is 0.507 e. The van der Waals surface area contributed by atoms with Crippen molar-refractivity contribution < 1.29 is 24.4 Å². The molecule has 1 saturated heterocycles. The van der Waals surface area contributed by atoms with Gasteiger partial charge in [-0.3, -0.25) is 19.7 Å². The monoisotopic (exact) mass is 416 g/mol. The predicted octanol–water partition coefficient (Wildman–Crippen LogP) is 3.32. The number of halogens is 1. The normalized spacial score (nSPS) is 18.3. The fraction of sp³-hybridized carbons (Fsp3) is 0.200. The Hall–Kier alpha value is -3.23. The Kier molecular flexibility index (Phi) is 5.95. The van der Waals surface area contributed by atoms with Gasteiger partial charge in [0.2, 0.25) is 0 Å². The van der Waals surface area contributed by atoms with Gasteiger partial charge in [0.15, 0.2) is 0 Å². The second kappa shape index (κ2) is 8.42. The van der Waals surface area contributed by atoms with E-state index in [4.69, 9.17) is 16.3 Å². The molecule has 1 N–H and O–H groups in total. The fourth-order valence-corrected chi connectivity index (χ4v) is 3.34. The summed E-state index contributed by atoms with van der Waals surface area (Å²) in [6.45, 7) is 0.227. The van der Waals surface area contributed by atoms with Gasteiger partial charge in [-0.25, -0.2) is 0 Å². The van der Waals surface area contributed by atoms with Gasteiger partial charge in [0.25, 0.3) is 17.4 Å². The van der Waals surface area contributed by atoms with Crippen LogP contribution in [0.1, 0.15) is 17.2 Å². The second-order valence-corrected chi connectivity index (χ2v) is 6.78. The van der Waals surface area contributed by atoms with E-state index in [-0.39, 0.29) is 30.2 Å². The molecular formula is C20H17ClN2O6. The van der Waals surface area contributed by atoms with Crippen molar-refractivity contribution in [1.82, 2.24) is 4.90 Å². The molecule has 0 aliphatic carbocycles. The molecule has 29 heavy (non-hydrogen) atoms. The van der Waals surface area contributed by atoms with Crippen LogP contribution in [0.2, 0.25) is 5.02 Å². The number of aliphatic hydroxyl groups is 1. The molecule has 1 aliphatic heterocycles. The lowest BCUT2D eigenvalue weighted by atomic mass is 9.95. The lowest BCUT2D eigenvalue weighted by Gasteiger charge is -2.24. The van der Waals surface area contributed by atoms with Crippen molar-refractivity contribution in [1.29, 1.82) is 0 Å². The van der Waals surface area contributed by atoms with Crippen LogP contribution in [0, 0.1) is 10.1 Å². The first-order valence-corrected chi connectivity index (χ1v) is 9.00. The van der Waals surface area contributed by atoms with Gasteiger partial charge in [-0.05, 0) is 29.8 Å². The van der Waals surface area contributed by atoms with Gasteiger partial charge in [0, 0.05) is 36.4 Å². The van der Waals surface area contributed by atoms with Crippen LogP contribution in [0.15, 0.2) is 54.1 Å². The Labute approximate surface area is 171 Å². The minimum Gasteiger partial charge on any atom is -0.507 e. The summed E-state index contributed by atoms with van der Waals surface area (Å²) >= 11 is 5.88. The van der Waals surface area contributed by atoms with Crippen molar-refractivity contribution in [3.8, 4) is 0 Å². The van der Waals surface area contributed by atoms with Gasteiger partial charge >= 0.3 is 0 Å². The SMILES string of the molecule is COCCN1C(=O)C(=O)C(=C(O)c2ccc(Cl)cc2)[C@H]1c1cccc([N+](=O)[O-])c1. The molecular weight excluding hydrogens is 400 g/mol. The van der Waals surface area contributed by atoms with Crippen molar-refractivity contribution in [2.75, 3.05) is 20.3 Å². The molecule has 0 unspecified atom stereocenters. The zero-order chi connectivity index (χ0) is 21.1. The maximum atomic E-state index is 12.8. The molecule has 2 aromatic carbocycles. The van der Waals surface area contributed by atoms with E-state index in [9.17, 15) is 24.8 Å². The van der Waals surface area contributed by atoms with Gasteiger partial charge in [0.1, 0.15) is 5.76 Å². The van der Waals surface area contributed by atoms with E-state index in [0.717, 1.165) is 0 Å². The van der Waals surface area contributed by atoms with E-state index in [2.05, 4.69) is 0 Å². The highest BCUT2D eigenvalue weighted by atomic mass is 35.5. The van der Waals surface area contributed by atoms with Gasteiger partial charge < -0.3 is 14.7 Å². The Morgan fingerprint density at radius 1 is 1.24 bits per heavy atom. The van der Waals surface area contributed by atoms with E-state index >= 15 is 0 Å². The number of rotatable bonds is 6. The lowest BCUT2D eigenvalue weighted by Crippen LogP contribution is -2.32. The highest BCUT2D eigenvalue weighted by molar-refractivity contribution is 6.46. The number of methoxy groups -OCH3 is 1.